The van der Waals surface area contributed by atoms with Gasteiger partial charge < -0.3 is 5.32 Å². The maximum Gasteiger partial charge on any atom is 0.265 e. The van der Waals surface area contributed by atoms with E-state index in [1.807, 2.05) is 42.6 Å². The molecule has 3 nitrogen and oxygen atoms in total. The molecule has 1 N–H and O–H groups in total. The molecule has 3 rings (SSSR count). The summed E-state index contributed by atoms with van der Waals surface area (Å²) in [6, 6.07) is 9.80. The Morgan fingerprint density at radius 3 is 2.52 bits per heavy atom. The van der Waals surface area contributed by atoms with Crippen LogP contribution in [-0.4, -0.2) is 10.9 Å². The van der Waals surface area contributed by atoms with Gasteiger partial charge in [0.1, 0.15) is 0 Å². The molecule has 2 aromatic heterocycles. The third kappa shape index (κ3) is 3.51. The summed E-state index contributed by atoms with van der Waals surface area (Å²) >= 11 is 3.19. The molecule has 0 aliphatic heterocycles. The van der Waals surface area contributed by atoms with Crippen LogP contribution in [0.3, 0.4) is 0 Å². The van der Waals surface area contributed by atoms with Crippen molar-refractivity contribution in [1.82, 2.24) is 4.98 Å². The number of rotatable bonds is 4. The number of anilines is 1. The van der Waals surface area contributed by atoms with Gasteiger partial charge in [0, 0.05) is 21.5 Å². The van der Waals surface area contributed by atoms with Gasteiger partial charge in [0.15, 0.2) is 0 Å². The Morgan fingerprint density at radius 2 is 1.96 bits per heavy atom. The quantitative estimate of drug-likeness (QED) is 0.699. The van der Waals surface area contributed by atoms with Crippen LogP contribution in [0.2, 0.25) is 0 Å². The van der Waals surface area contributed by atoms with E-state index < -0.39 is 0 Å². The lowest BCUT2D eigenvalue weighted by Gasteiger charge is -2.04. The lowest BCUT2D eigenvalue weighted by molar-refractivity contribution is 0.103. The second kappa shape index (κ2) is 6.64. The van der Waals surface area contributed by atoms with E-state index in [1.54, 1.807) is 22.7 Å². The number of nitrogens with one attached hydrogen (secondary N) is 1. The van der Waals surface area contributed by atoms with Crippen LogP contribution in [0.15, 0.2) is 35.7 Å². The van der Waals surface area contributed by atoms with Crippen molar-refractivity contribution in [2.24, 2.45) is 0 Å². The van der Waals surface area contributed by atoms with Crippen molar-refractivity contribution in [3.63, 3.8) is 0 Å². The Labute approximate surface area is 144 Å². The maximum atomic E-state index is 12.3. The topological polar surface area (TPSA) is 42.0 Å². The zero-order chi connectivity index (χ0) is 16.4. The normalized spacial score (nSPS) is 10.7. The average Bonchev–Trinajstić information content (AvgIpc) is 3.14. The third-order valence-electron chi connectivity index (χ3n) is 3.68. The van der Waals surface area contributed by atoms with Crippen molar-refractivity contribution in [1.29, 1.82) is 0 Å². The number of aryl methyl sites for hydroxylation is 3. The number of carbonyl (C=O) groups is 1. The summed E-state index contributed by atoms with van der Waals surface area (Å²) in [5.74, 6) is -0.0462. The molecule has 0 aliphatic rings. The van der Waals surface area contributed by atoms with Gasteiger partial charge >= 0.3 is 0 Å². The molecule has 0 aliphatic carbocycles. The molecule has 1 amide bonds. The highest BCUT2D eigenvalue weighted by atomic mass is 32.1. The molecule has 3 aromatic rings. The van der Waals surface area contributed by atoms with E-state index in [0.29, 0.717) is 0 Å². The minimum absolute atomic E-state index is 0.0462. The summed E-state index contributed by atoms with van der Waals surface area (Å²) in [6.45, 7) is 6.16. The van der Waals surface area contributed by atoms with Gasteiger partial charge in [-0.05, 0) is 44.0 Å². The first kappa shape index (κ1) is 15.9. The van der Waals surface area contributed by atoms with E-state index in [4.69, 9.17) is 0 Å². The molecule has 0 bridgehead atoms. The fourth-order valence-electron chi connectivity index (χ4n) is 2.40. The third-order valence-corrected chi connectivity index (χ3v) is 5.55. The first-order chi connectivity index (χ1) is 11.1. The summed E-state index contributed by atoms with van der Waals surface area (Å²) in [4.78, 5) is 18.8. The molecule has 0 fully saturated rings. The van der Waals surface area contributed by atoms with Crippen LogP contribution >= 0.6 is 22.7 Å². The number of carbonyl (C=O) groups excluding carboxylic acids is 1. The van der Waals surface area contributed by atoms with E-state index in [1.165, 1.54) is 10.4 Å². The van der Waals surface area contributed by atoms with Gasteiger partial charge in [-0.3, -0.25) is 4.79 Å². The van der Waals surface area contributed by atoms with Gasteiger partial charge in [-0.1, -0.05) is 19.1 Å². The van der Waals surface area contributed by atoms with Crippen LogP contribution in [0.1, 0.15) is 32.0 Å². The second-order valence-corrected chi connectivity index (χ2v) is 7.65. The van der Waals surface area contributed by atoms with Crippen LogP contribution in [-0.2, 0) is 6.42 Å². The van der Waals surface area contributed by atoms with Gasteiger partial charge in [-0.2, -0.15) is 0 Å². The molecular weight excluding hydrogens is 324 g/mol. The summed E-state index contributed by atoms with van der Waals surface area (Å²) in [5, 5.41) is 6.06. The van der Waals surface area contributed by atoms with Crippen LogP contribution in [0.5, 0.6) is 0 Å². The zero-order valence-corrected chi connectivity index (χ0v) is 15.0. The minimum Gasteiger partial charge on any atom is -0.321 e. The largest absolute Gasteiger partial charge is 0.321 e. The van der Waals surface area contributed by atoms with Gasteiger partial charge in [-0.25, -0.2) is 4.98 Å². The summed E-state index contributed by atoms with van der Waals surface area (Å²) in [6.07, 6.45) is 0.956. The Balaban J connectivity index is 1.73. The Morgan fingerprint density at radius 1 is 1.22 bits per heavy atom. The van der Waals surface area contributed by atoms with Crippen molar-refractivity contribution in [2.45, 2.75) is 27.2 Å². The first-order valence-electron chi connectivity index (χ1n) is 7.50. The van der Waals surface area contributed by atoms with Crippen LogP contribution in [0.4, 0.5) is 5.69 Å². The molecule has 0 saturated heterocycles. The number of nitrogens with zero attached hydrogens (tertiary/aromatic N) is 1. The van der Waals surface area contributed by atoms with Crippen LogP contribution in [0, 0.1) is 13.8 Å². The van der Waals surface area contributed by atoms with Crippen molar-refractivity contribution in [3.8, 4) is 11.3 Å². The predicted octanol–water partition coefficient (Wildman–Crippen LogP) is 5.30. The molecular formula is C18H18N2OS2. The maximum absolute atomic E-state index is 12.3. The molecule has 0 spiro atoms. The predicted molar refractivity (Wildman–Crippen MR) is 98.7 cm³/mol. The summed E-state index contributed by atoms with van der Waals surface area (Å²) in [5.41, 5.74) is 4.09. The Kier molecular flexibility index (Phi) is 4.59. The Bertz CT molecular complexity index is 831. The molecule has 5 heteroatoms. The van der Waals surface area contributed by atoms with E-state index in [2.05, 4.69) is 24.1 Å². The number of hydrogen-bond donors (Lipinski definition) is 1. The van der Waals surface area contributed by atoms with Crippen molar-refractivity contribution >= 4 is 34.3 Å². The van der Waals surface area contributed by atoms with Gasteiger partial charge in [-0.15, -0.1) is 22.7 Å². The van der Waals surface area contributed by atoms with E-state index in [0.717, 1.165) is 33.3 Å². The Hall–Kier alpha value is -1.98. The van der Waals surface area contributed by atoms with Gasteiger partial charge in [0.2, 0.25) is 0 Å². The number of hydrogen-bond acceptors (Lipinski definition) is 4. The molecule has 1 aromatic carbocycles. The van der Waals surface area contributed by atoms with Crippen LogP contribution < -0.4 is 5.32 Å². The van der Waals surface area contributed by atoms with E-state index in [9.17, 15) is 4.79 Å². The number of benzene rings is 1. The molecule has 23 heavy (non-hydrogen) atoms. The number of aromatic nitrogens is 1. The van der Waals surface area contributed by atoms with Gasteiger partial charge in [0.05, 0.1) is 15.6 Å². The molecule has 0 atom stereocenters. The highest BCUT2D eigenvalue weighted by Gasteiger charge is 2.12. The lowest BCUT2D eigenvalue weighted by atomic mass is 10.1. The van der Waals surface area contributed by atoms with Crippen molar-refractivity contribution in [2.75, 3.05) is 5.32 Å². The van der Waals surface area contributed by atoms with E-state index >= 15 is 0 Å². The zero-order valence-electron chi connectivity index (χ0n) is 13.3. The highest BCUT2D eigenvalue weighted by molar-refractivity contribution is 7.14. The molecule has 118 valence electrons. The molecule has 2 heterocycles. The summed E-state index contributed by atoms with van der Waals surface area (Å²) in [7, 11) is 0. The fraction of sp³-hybridized carbons (Fsp3) is 0.222. The number of thiophene rings is 1. The van der Waals surface area contributed by atoms with Gasteiger partial charge in [0.25, 0.3) is 5.91 Å². The molecule has 0 unspecified atom stereocenters. The highest BCUT2D eigenvalue weighted by Crippen LogP contribution is 2.25. The lowest BCUT2D eigenvalue weighted by Crippen LogP contribution is -2.09. The monoisotopic (exact) mass is 342 g/mol. The standard InChI is InChI=1S/C18H18N2OS2/c1-4-13-9-17(23-11(13)2)18(21)20-15-7-5-14(6-8-15)16-10-22-12(3)19-16/h5-10H,4H2,1-3H3,(H,20,21). The first-order valence-corrected chi connectivity index (χ1v) is 9.19. The van der Waals surface area contributed by atoms with Crippen molar-refractivity contribution in [3.05, 3.63) is 56.0 Å². The number of thiazole rings is 1. The second-order valence-electron chi connectivity index (χ2n) is 5.33. The van der Waals surface area contributed by atoms with Crippen molar-refractivity contribution < 1.29 is 4.79 Å². The van der Waals surface area contributed by atoms with E-state index in [-0.39, 0.29) is 5.91 Å². The molecule has 0 radical (unpaired) electrons. The van der Waals surface area contributed by atoms with Crippen LogP contribution in [0.25, 0.3) is 11.3 Å². The smallest absolute Gasteiger partial charge is 0.265 e. The SMILES string of the molecule is CCc1cc(C(=O)Nc2ccc(-c3csc(C)n3)cc2)sc1C. The molecule has 0 saturated carbocycles. The fourth-order valence-corrected chi connectivity index (χ4v) is 4.03. The average molecular weight is 342 g/mol. The minimum atomic E-state index is -0.0462. The number of amides is 1. The summed E-state index contributed by atoms with van der Waals surface area (Å²) < 4.78 is 0.